The standard InChI is InChI=1S/C4H10N4O4/c5-3(11)7(1-9)8(2-10)4(6)12/h9-10H,1-2H2,(H2,5,11)(H2,6,12). The summed E-state index contributed by atoms with van der Waals surface area (Å²) in [5.41, 5.74) is 9.46. The van der Waals surface area contributed by atoms with E-state index in [2.05, 4.69) is 0 Å². The fourth-order valence-electron chi connectivity index (χ4n) is 0.530. The fraction of sp³-hybridized carbons (Fsp3) is 0.500. The zero-order valence-electron chi connectivity index (χ0n) is 6.17. The Morgan fingerprint density at radius 1 is 1.00 bits per heavy atom. The van der Waals surface area contributed by atoms with Crippen molar-refractivity contribution >= 4 is 12.1 Å². The van der Waals surface area contributed by atoms with Gasteiger partial charge in [-0.15, -0.1) is 0 Å². The largest absolute Gasteiger partial charge is 0.374 e. The molecule has 8 heteroatoms. The van der Waals surface area contributed by atoms with Crippen molar-refractivity contribution < 1.29 is 19.8 Å². The number of urea groups is 2. The molecule has 0 rings (SSSR count). The van der Waals surface area contributed by atoms with Crippen molar-refractivity contribution in [2.24, 2.45) is 11.5 Å². The third-order valence-electron chi connectivity index (χ3n) is 1.07. The van der Waals surface area contributed by atoms with E-state index in [-0.39, 0.29) is 0 Å². The smallest absolute Gasteiger partial charge is 0.336 e. The van der Waals surface area contributed by atoms with E-state index in [1.54, 1.807) is 0 Å². The molecule has 4 amide bonds. The Labute approximate surface area is 67.9 Å². The first-order valence-corrected chi connectivity index (χ1v) is 2.90. The Bertz CT molecular complexity index is 164. The molecule has 0 radical (unpaired) electrons. The molecule has 0 saturated carbocycles. The summed E-state index contributed by atoms with van der Waals surface area (Å²) in [6, 6.07) is -2.18. The van der Waals surface area contributed by atoms with E-state index >= 15 is 0 Å². The topological polar surface area (TPSA) is 133 Å². The van der Waals surface area contributed by atoms with Crippen LogP contribution < -0.4 is 11.5 Å². The number of carbonyl (C=O) groups is 2. The number of amides is 4. The Morgan fingerprint density at radius 2 is 1.25 bits per heavy atom. The van der Waals surface area contributed by atoms with Crippen LogP contribution in [0.5, 0.6) is 0 Å². The number of hydrogen-bond acceptors (Lipinski definition) is 4. The number of hydrazine groups is 1. The van der Waals surface area contributed by atoms with Crippen molar-refractivity contribution in [2.75, 3.05) is 13.5 Å². The van der Waals surface area contributed by atoms with Crippen molar-refractivity contribution in [3.05, 3.63) is 0 Å². The second-order valence-electron chi connectivity index (χ2n) is 1.76. The van der Waals surface area contributed by atoms with E-state index in [4.69, 9.17) is 21.7 Å². The average molecular weight is 178 g/mol. The molecule has 0 heterocycles. The average Bonchev–Trinajstić information content (AvgIpc) is 1.98. The Kier molecular flexibility index (Phi) is 3.80. The molecule has 0 bridgehead atoms. The molecular weight excluding hydrogens is 168 g/mol. The first kappa shape index (κ1) is 10.5. The number of carbonyl (C=O) groups excluding carboxylic acids is 2. The zero-order chi connectivity index (χ0) is 9.72. The van der Waals surface area contributed by atoms with Crippen LogP contribution in [0.2, 0.25) is 0 Å². The van der Waals surface area contributed by atoms with Crippen LogP contribution in [0.25, 0.3) is 0 Å². The Morgan fingerprint density at radius 3 is 1.33 bits per heavy atom. The van der Waals surface area contributed by atoms with E-state index in [1.807, 2.05) is 0 Å². The zero-order valence-corrected chi connectivity index (χ0v) is 6.17. The third kappa shape index (κ3) is 2.25. The van der Waals surface area contributed by atoms with Gasteiger partial charge in [0.1, 0.15) is 13.5 Å². The van der Waals surface area contributed by atoms with Gasteiger partial charge in [-0.1, -0.05) is 0 Å². The van der Waals surface area contributed by atoms with Crippen LogP contribution in [0.3, 0.4) is 0 Å². The summed E-state index contributed by atoms with van der Waals surface area (Å²) >= 11 is 0. The number of nitrogens with two attached hydrogens (primary N) is 2. The van der Waals surface area contributed by atoms with E-state index in [0.717, 1.165) is 0 Å². The molecule has 0 aliphatic rings. The van der Waals surface area contributed by atoms with E-state index in [1.165, 1.54) is 0 Å². The minimum Gasteiger partial charge on any atom is -0.374 e. The normalized spacial score (nSPS) is 9.17. The highest BCUT2D eigenvalue weighted by molar-refractivity contribution is 5.78. The summed E-state index contributed by atoms with van der Waals surface area (Å²) in [7, 11) is 0. The third-order valence-corrected chi connectivity index (χ3v) is 1.07. The maximum absolute atomic E-state index is 10.5. The predicted molar refractivity (Wildman–Crippen MR) is 37.0 cm³/mol. The quantitative estimate of drug-likeness (QED) is 0.276. The van der Waals surface area contributed by atoms with Gasteiger partial charge in [-0.3, -0.25) is 0 Å². The van der Waals surface area contributed by atoms with Gasteiger partial charge in [-0.25, -0.2) is 19.6 Å². The number of primary amides is 2. The van der Waals surface area contributed by atoms with Gasteiger partial charge in [-0.2, -0.15) is 0 Å². The lowest BCUT2D eigenvalue weighted by Gasteiger charge is -2.27. The summed E-state index contributed by atoms with van der Waals surface area (Å²) in [5, 5.41) is 17.8. The molecule has 0 aliphatic carbocycles. The molecule has 0 spiro atoms. The molecule has 0 aromatic carbocycles. The summed E-state index contributed by atoms with van der Waals surface area (Å²) in [4.78, 5) is 20.9. The summed E-state index contributed by atoms with van der Waals surface area (Å²) in [5.74, 6) is 0. The summed E-state index contributed by atoms with van der Waals surface area (Å²) in [6.45, 7) is -1.67. The second kappa shape index (κ2) is 4.36. The number of rotatable bonds is 2. The van der Waals surface area contributed by atoms with Crippen LogP contribution in [0, 0.1) is 0 Å². The van der Waals surface area contributed by atoms with Gasteiger partial charge < -0.3 is 21.7 Å². The molecule has 12 heavy (non-hydrogen) atoms. The molecular formula is C4H10N4O4. The Balaban J connectivity index is 4.44. The van der Waals surface area contributed by atoms with Crippen LogP contribution in [-0.2, 0) is 0 Å². The minimum atomic E-state index is -1.09. The molecule has 0 aliphatic heterocycles. The molecule has 0 fully saturated rings. The molecule has 0 aromatic heterocycles. The van der Waals surface area contributed by atoms with Crippen LogP contribution in [-0.4, -0.2) is 45.8 Å². The molecule has 0 aromatic rings. The Hall–Kier alpha value is -1.54. The lowest BCUT2D eigenvalue weighted by atomic mass is 10.8. The van der Waals surface area contributed by atoms with Gasteiger partial charge in [0.05, 0.1) is 0 Å². The lowest BCUT2D eigenvalue weighted by Crippen LogP contribution is -2.54. The van der Waals surface area contributed by atoms with Crippen molar-refractivity contribution in [2.45, 2.75) is 0 Å². The minimum absolute atomic E-state index is 0.391. The highest BCUT2D eigenvalue weighted by atomic mass is 16.3. The van der Waals surface area contributed by atoms with Crippen LogP contribution in [0.15, 0.2) is 0 Å². The number of hydrogen-bond donors (Lipinski definition) is 4. The monoisotopic (exact) mass is 178 g/mol. The molecule has 0 saturated heterocycles. The molecule has 70 valence electrons. The van der Waals surface area contributed by atoms with Gasteiger partial charge in [0.25, 0.3) is 0 Å². The summed E-state index contributed by atoms with van der Waals surface area (Å²) < 4.78 is 0. The maximum Gasteiger partial charge on any atom is 0.336 e. The second-order valence-corrected chi connectivity index (χ2v) is 1.76. The first-order valence-electron chi connectivity index (χ1n) is 2.90. The van der Waals surface area contributed by atoms with Gasteiger partial charge in [0.2, 0.25) is 0 Å². The van der Waals surface area contributed by atoms with Gasteiger partial charge in [-0.05, 0) is 0 Å². The first-order chi connectivity index (χ1) is 5.54. The summed E-state index contributed by atoms with van der Waals surface area (Å²) in [6.07, 6.45) is 0. The fourth-order valence-corrected chi connectivity index (χ4v) is 0.530. The van der Waals surface area contributed by atoms with Gasteiger partial charge >= 0.3 is 12.1 Å². The predicted octanol–water partition coefficient (Wildman–Crippen LogP) is -2.44. The number of nitrogens with zero attached hydrogens (tertiary/aromatic N) is 2. The van der Waals surface area contributed by atoms with Gasteiger partial charge in [0, 0.05) is 0 Å². The van der Waals surface area contributed by atoms with E-state index in [0.29, 0.717) is 10.0 Å². The van der Waals surface area contributed by atoms with E-state index in [9.17, 15) is 9.59 Å². The number of aliphatic hydroxyl groups excluding tert-OH is 2. The highest BCUT2D eigenvalue weighted by Crippen LogP contribution is 1.94. The number of aliphatic hydroxyl groups is 2. The SMILES string of the molecule is NC(=O)N(CO)N(CO)C(N)=O. The molecule has 0 atom stereocenters. The van der Waals surface area contributed by atoms with Crippen LogP contribution in [0.1, 0.15) is 0 Å². The van der Waals surface area contributed by atoms with Crippen molar-refractivity contribution in [3.8, 4) is 0 Å². The van der Waals surface area contributed by atoms with Crippen molar-refractivity contribution in [1.29, 1.82) is 0 Å². The maximum atomic E-state index is 10.5. The highest BCUT2D eigenvalue weighted by Gasteiger charge is 2.20. The lowest BCUT2D eigenvalue weighted by molar-refractivity contribution is -0.0496. The molecule has 6 N–H and O–H groups in total. The van der Waals surface area contributed by atoms with E-state index < -0.39 is 25.5 Å². The van der Waals surface area contributed by atoms with Crippen molar-refractivity contribution in [1.82, 2.24) is 10.0 Å². The van der Waals surface area contributed by atoms with Crippen LogP contribution >= 0.6 is 0 Å². The molecule has 8 nitrogen and oxygen atoms in total. The van der Waals surface area contributed by atoms with Crippen LogP contribution in [0.4, 0.5) is 9.59 Å². The molecule has 0 unspecified atom stereocenters. The van der Waals surface area contributed by atoms with Crippen molar-refractivity contribution in [3.63, 3.8) is 0 Å². The van der Waals surface area contributed by atoms with Gasteiger partial charge in [0.15, 0.2) is 0 Å².